The summed E-state index contributed by atoms with van der Waals surface area (Å²) in [4.78, 5) is 29.7. The molecular formula is C31H22N4O3. The number of nitrogens with zero attached hydrogens (tertiary/aromatic N) is 4. The quantitative estimate of drug-likeness (QED) is 0.301. The fourth-order valence-corrected chi connectivity index (χ4v) is 4.63. The molecule has 0 spiro atoms. The third kappa shape index (κ3) is 4.26. The smallest absolute Gasteiger partial charge is 0.335 e. The van der Waals surface area contributed by atoms with Crippen molar-refractivity contribution in [3.8, 4) is 11.4 Å². The second-order valence-electron chi connectivity index (χ2n) is 8.92. The maximum Gasteiger partial charge on any atom is 0.335 e. The zero-order chi connectivity index (χ0) is 26.1. The summed E-state index contributed by atoms with van der Waals surface area (Å²) in [5, 5.41) is 15.5. The van der Waals surface area contributed by atoms with E-state index in [0.29, 0.717) is 23.3 Å². The van der Waals surface area contributed by atoms with Gasteiger partial charge in [-0.2, -0.15) is 9.78 Å². The largest absolute Gasteiger partial charge is 0.478 e. The third-order valence-electron chi connectivity index (χ3n) is 6.44. The van der Waals surface area contributed by atoms with Gasteiger partial charge >= 0.3 is 5.97 Å². The lowest BCUT2D eigenvalue weighted by Crippen LogP contribution is -2.20. The number of benzene rings is 4. The molecule has 4 aromatic carbocycles. The summed E-state index contributed by atoms with van der Waals surface area (Å²) in [5.74, 6) is -0.500. The van der Waals surface area contributed by atoms with Crippen LogP contribution in [-0.4, -0.2) is 31.5 Å². The second kappa shape index (κ2) is 9.63. The average molecular weight is 499 g/mol. The Bertz CT molecular complexity index is 1900. The van der Waals surface area contributed by atoms with Crippen molar-refractivity contribution in [1.82, 2.24) is 14.2 Å². The number of carboxylic acid groups (broad SMARTS) is 1. The van der Waals surface area contributed by atoms with E-state index in [0.717, 1.165) is 27.6 Å². The Morgan fingerprint density at radius 2 is 1.61 bits per heavy atom. The number of fused-ring (bicyclic) bond motifs is 2. The molecule has 0 atom stereocenters. The third-order valence-corrected chi connectivity index (χ3v) is 6.44. The van der Waals surface area contributed by atoms with Gasteiger partial charge in [0.15, 0.2) is 5.82 Å². The zero-order valence-corrected chi connectivity index (χ0v) is 20.2. The summed E-state index contributed by atoms with van der Waals surface area (Å²) >= 11 is 0. The maximum atomic E-state index is 13.5. The number of para-hydroxylation sites is 2. The predicted molar refractivity (Wildman–Crippen MR) is 149 cm³/mol. The molecule has 7 heteroatoms. The highest BCUT2D eigenvalue weighted by molar-refractivity contribution is 5.99. The van der Waals surface area contributed by atoms with Gasteiger partial charge in [0.2, 0.25) is 0 Å². The topological polar surface area (TPSA) is 89.5 Å². The van der Waals surface area contributed by atoms with Crippen LogP contribution in [-0.2, 0) is 6.54 Å². The monoisotopic (exact) mass is 498 g/mol. The van der Waals surface area contributed by atoms with Crippen molar-refractivity contribution >= 4 is 34.0 Å². The molecule has 0 unspecified atom stereocenters. The number of carbonyl (C=O) groups is 1. The van der Waals surface area contributed by atoms with Gasteiger partial charge in [-0.1, -0.05) is 72.8 Å². The van der Waals surface area contributed by atoms with E-state index in [1.54, 1.807) is 30.5 Å². The van der Waals surface area contributed by atoms with Crippen molar-refractivity contribution in [3.05, 3.63) is 136 Å². The molecule has 0 aliphatic heterocycles. The van der Waals surface area contributed by atoms with E-state index in [2.05, 4.69) is 9.67 Å². The predicted octanol–water partition coefficient (Wildman–Crippen LogP) is 5.65. The standard InChI is InChI=1S/C31H22N4O3/c36-30-26-14-4-6-15-27(26)33-29(22-10-2-1-3-11-22)35(30)32-18-24-20-34(28-16-7-5-13-25(24)28)19-21-9-8-12-23(17-21)31(37)38/h1-18,20H,19H2,(H,37,38). The molecule has 0 bridgehead atoms. The molecule has 0 aliphatic rings. The number of aromatic nitrogens is 3. The van der Waals surface area contributed by atoms with Crippen molar-refractivity contribution in [2.24, 2.45) is 5.10 Å². The van der Waals surface area contributed by atoms with E-state index in [9.17, 15) is 14.7 Å². The Kier molecular flexibility index (Phi) is 5.86. The Labute approximate surface area is 217 Å². The number of hydrogen-bond acceptors (Lipinski definition) is 4. The molecule has 38 heavy (non-hydrogen) atoms. The molecule has 2 heterocycles. The van der Waals surface area contributed by atoms with Gasteiger partial charge in [-0.15, -0.1) is 0 Å². The molecule has 0 aliphatic carbocycles. The Hall–Kier alpha value is -5.30. The fraction of sp³-hybridized carbons (Fsp3) is 0.0323. The van der Waals surface area contributed by atoms with E-state index in [4.69, 9.17) is 4.98 Å². The van der Waals surface area contributed by atoms with Crippen LogP contribution in [0.25, 0.3) is 33.2 Å². The van der Waals surface area contributed by atoms with Crippen LogP contribution in [0, 0.1) is 0 Å². The van der Waals surface area contributed by atoms with E-state index >= 15 is 0 Å². The van der Waals surface area contributed by atoms with Crippen LogP contribution in [0.3, 0.4) is 0 Å². The molecular weight excluding hydrogens is 476 g/mol. The Morgan fingerprint density at radius 3 is 2.42 bits per heavy atom. The molecule has 6 aromatic rings. The van der Waals surface area contributed by atoms with Crippen molar-refractivity contribution in [2.45, 2.75) is 6.54 Å². The number of hydrogen-bond donors (Lipinski definition) is 1. The lowest BCUT2D eigenvalue weighted by atomic mass is 10.1. The Balaban J connectivity index is 1.46. The van der Waals surface area contributed by atoms with Crippen molar-refractivity contribution < 1.29 is 9.90 Å². The van der Waals surface area contributed by atoms with Gasteiger partial charge < -0.3 is 9.67 Å². The SMILES string of the molecule is O=C(O)c1cccc(Cn2cc(C=Nn3c(-c4ccccc4)nc4ccccc4c3=O)c3ccccc32)c1. The highest BCUT2D eigenvalue weighted by Crippen LogP contribution is 2.23. The van der Waals surface area contributed by atoms with Crippen molar-refractivity contribution in [1.29, 1.82) is 0 Å². The van der Waals surface area contributed by atoms with Gasteiger partial charge in [0.1, 0.15) is 0 Å². The molecule has 0 radical (unpaired) electrons. The first-order valence-corrected chi connectivity index (χ1v) is 12.1. The van der Waals surface area contributed by atoms with E-state index in [1.807, 2.05) is 85.1 Å². The summed E-state index contributed by atoms with van der Waals surface area (Å²) in [7, 11) is 0. The number of rotatable bonds is 6. The molecule has 0 saturated heterocycles. The lowest BCUT2D eigenvalue weighted by molar-refractivity contribution is 0.0696. The highest BCUT2D eigenvalue weighted by Gasteiger charge is 2.13. The van der Waals surface area contributed by atoms with E-state index in [-0.39, 0.29) is 11.1 Å². The van der Waals surface area contributed by atoms with Crippen LogP contribution in [0.4, 0.5) is 0 Å². The first kappa shape index (κ1) is 23.1. The Morgan fingerprint density at radius 1 is 0.868 bits per heavy atom. The highest BCUT2D eigenvalue weighted by atomic mass is 16.4. The molecule has 184 valence electrons. The molecule has 2 aromatic heterocycles. The first-order chi connectivity index (χ1) is 18.6. The minimum absolute atomic E-state index is 0.248. The molecule has 1 N–H and O–H groups in total. The molecule has 0 fully saturated rings. The molecule has 7 nitrogen and oxygen atoms in total. The first-order valence-electron chi connectivity index (χ1n) is 12.1. The minimum Gasteiger partial charge on any atom is -0.478 e. The zero-order valence-electron chi connectivity index (χ0n) is 20.2. The summed E-state index contributed by atoms with van der Waals surface area (Å²) < 4.78 is 3.40. The van der Waals surface area contributed by atoms with Gasteiger partial charge in [0, 0.05) is 34.8 Å². The molecule has 0 saturated carbocycles. The van der Waals surface area contributed by atoms with Gasteiger partial charge in [0.05, 0.1) is 22.7 Å². The van der Waals surface area contributed by atoms with Crippen molar-refractivity contribution in [2.75, 3.05) is 0 Å². The summed E-state index contributed by atoms with van der Waals surface area (Å²) in [5.41, 5.74) is 4.07. The van der Waals surface area contributed by atoms with Gasteiger partial charge in [0.25, 0.3) is 5.56 Å². The molecule has 6 rings (SSSR count). The van der Waals surface area contributed by atoms with E-state index < -0.39 is 5.97 Å². The van der Waals surface area contributed by atoms with Crippen LogP contribution >= 0.6 is 0 Å². The van der Waals surface area contributed by atoms with Gasteiger partial charge in [-0.25, -0.2) is 9.78 Å². The van der Waals surface area contributed by atoms with Crippen molar-refractivity contribution in [3.63, 3.8) is 0 Å². The average Bonchev–Trinajstić information content (AvgIpc) is 3.30. The lowest BCUT2D eigenvalue weighted by Gasteiger charge is -2.09. The van der Waals surface area contributed by atoms with Crippen LogP contribution in [0.2, 0.25) is 0 Å². The number of carboxylic acids is 1. The number of aromatic carboxylic acids is 1. The molecule has 0 amide bonds. The fourth-order valence-electron chi connectivity index (χ4n) is 4.63. The van der Waals surface area contributed by atoms with Gasteiger partial charge in [-0.3, -0.25) is 4.79 Å². The summed E-state index contributed by atoms with van der Waals surface area (Å²) in [6, 6.07) is 31.6. The maximum absolute atomic E-state index is 13.5. The van der Waals surface area contributed by atoms with Crippen LogP contribution in [0.1, 0.15) is 21.5 Å². The van der Waals surface area contributed by atoms with Crippen LogP contribution < -0.4 is 5.56 Å². The summed E-state index contributed by atoms with van der Waals surface area (Å²) in [6.45, 7) is 0.488. The van der Waals surface area contributed by atoms with E-state index in [1.165, 1.54) is 4.68 Å². The summed E-state index contributed by atoms with van der Waals surface area (Å²) in [6.07, 6.45) is 3.64. The second-order valence-corrected chi connectivity index (χ2v) is 8.92. The minimum atomic E-state index is -0.958. The van der Waals surface area contributed by atoms with Gasteiger partial charge in [-0.05, 0) is 35.9 Å². The van der Waals surface area contributed by atoms with Crippen LogP contribution in [0.5, 0.6) is 0 Å². The normalized spacial score (nSPS) is 11.5. The van der Waals surface area contributed by atoms with Crippen LogP contribution in [0.15, 0.2) is 119 Å².